The summed E-state index contributed by atoms with van der Waals surface area (Å²) in [5.74, 6) is 4.50. The first-order valence-electron chi connectivity index (χ1n) is 18.2. The Labute approximate surface area is 317 Å². The van der Waals surface area contributed by atoms with E-state index in [2.05, 4.69) is 12.2 Å². The van der Waals surface area contributed by atoms with E-state index in [0.717, 1.165) is 18.4 Å². The maximum Gasteiger partial charge on any atom is 0.343 e. The molecule has 4 aromatic rings. The second kappa shape index (κ2) is 22.1. The Balaban J connectivity index is 0.00000385. The number of nitrogens with zero attached hydrogens (tertiary/aromatic N) is 2. The summed E-state index contributed by atoms with van der Waals surface area (Å²) in [5.41, 5.74) is 3.09. The minimum atomic E-state index is -1.17. The molecule has 0 heterocycles. The monoisotopic (exact) mass is 737 g/mol. The molecule has 0 saturated carbocycles. The highest BCUT2D eigenvalue weighted by molar-refractivity contribution is 5.97. The van der Waals surface area contributed by atoms with Crippen LogP contribution in [0.15, 0.2) is 97.1 Å². The fourth-order valence-corrected chi connectivity index (χ4v) is 5.23. The fraction of sp³-hybridized carbons (Fsp3) is 0.310. The predicted octanol–water partition coefficient (Wildman–Crippen LogP) is 7.87. The van der Waals surface area contributed by atoms with Crippen LogP contribution in [0.2, 0.25) is 0 Å². The molecule has 0 atom stereocenters. The van der Waals surface area contributed by atoms with E-state index in [-0.39, 0.29) is 30.3 Å². The molecule has 4 rings (SSSR count). The number of carboxylic acids is 1. The minimum absolute atomic E-state index is 0.00197. The number of nitrogens with one attached hydrogen (secondary N) is 2. The number of amidine groups is 1. The van der Waals surface area contributed by atoms with Gasteiger partial charge in [-0.2, -0.15) is 0 Å². The fourth-order valence-electron chi connectivity index (χ4n) is 5.23. The van der Waals surface area contributed by atoms with Gasteiger partial charge >= 0.3 is 11.9 Å². The number of hydrazine groups is 1. The Hall–Kier alpha value is -6.01. The number of hydrogen-bond donors (Lipinski definition) is 4. The summed E-state index contributed by atoms with van der Waals surface area (Å²) in [5, 5.41) is 21.2. The molecule has 0 saturated heterocycles. The third kappa shape index (κ3) is 13.8. The second-order valence-corrected chi connectivity index (χ2v) is 12.3. The number of carbonyl (C=O) groups excluding carboxylic acids is 3. The van der Waals surface area contributed by atoms with Gasteiger partial charge in [0.1, 0.15) is 23.9 Å². The van der Waals surface area contributed by atoms with E-state index in [1.54, 1.807) is 91.9 Å². The van der Waals surface area contributed by atoms with Crippen LogP contribution in [-0.2, 0) is 22.6 Å². The van der Waals surface area contributed by atoms with Crippen molar-refractivity contribution in [3.63, 3.8) is 0 Å². The van der Waals surface area contributed by atoms with Gasteiger partial charge in [-0.25, -0.2) is 10.6 Å². The Bertz CT molecular complexity index is 1810. The van der Waals surface area contributed by atoms with Crippen LogP contribution in [0.4, 0.5) is 11.4 Å². The van der Waals surface area contributed by atoms with E-state index < -0.39 is 24.4 Å². The van der Waals surface area contributed by atoms with E-state index >= 15 is 0 Å². The number of carbonyl (C=O) groups is 4. The highest BCUT2D eigenvalue weighted by atomic mass is 16.5. The first-order valence-corrected chi connectivity index (χ1v) is 18.2. The molecule has 2 amide bonds. The first kappa shape index (κ1) is 42.4. The molecule has 54 heavy (non-hydrogen) atoms. The van der Waals surface area contributed by atoms with Crippen molar-refractivity contribution >= 4 is 41.0 Å². The Morgan fingerprint density at radius 2 is 1.33 bits per heavy atom. The molecule has 0 aliphatic rings. The lowest BCUT2D eigenvalue weighted by Crippen LogP contribution is -2.35. The van der Waals surface area contributed by atoms with Crippen LogP contribution in [-0.4, -0.2) is 52.7 Å². The molecule has 5 N–H and O–H groups in total. The average molecular weight is 738 g/mol. The van der Waals surface area contributed by atoms with Gasteiger partial charge in [-0.1, -0.05) is 70.7 Å². The number of ether oxygens (including phenoxy) is 2. The zero-order valence-electron chi connectivity index (χ0n) is 31.5. The van der Waals surface area contributed by atoms with Crippen LogP contribution >= 0.6 is 0 Å². The lowest BCUT2D eigenvalue weighted by atomic mass is 10.1. The zero-order valence-corrected chi connectivity index (χ0v) is 31.5. The summed E-state index contributed by atoms with van der Waals surface area (Å²) in [6, 6.07) is 26.4. The molecule has 12 heteroatoms. The Morgan fingerprint density at radius 1 is 0.759 bits per heavy atom. The maximum absolute atomic E-state index is 13.4. The Kier molecular flexibility index (Phi) is 17.4. The molecular weight excluding hydrogens is 686 g/mol. The molecule has 0 aliphatic heterocycles. The van der Waals surface area contributed by atoms with Crippen molar-refractivity contribution in [1.82, 2.24) is 4.90 Å². The van der Waals surface area contributed by atoms with Crippen molar-refractivity contribution in [3.8, 4) is 11.5 Å². The molecule has 0 aromatic heterocycles. The number of hydrogen-bond acceptors (Lipinski definition) is 8. The molecule has 0 bridgehead atoms. The largest absolute Gasteiger partial charge is 0.494 e. The van der Waals surface area contributed by atoms with Crippen molar-refractivity contribution in [2.45, 2.75) is 72.8 Å². The number of nitrogens with two attached hydrogens (primary N) is 1. The van der Waals surface area contributed by atoms with Crippen LogP contribution < -0.4 is 25.6 Å². The summed E-state index contributed by atoms with van der Waals surface area (Å²) >= 11 is 0. The Morgan fingerprint density at radius 3 is 1.93 bits per heavy atom. The smallest absolute Gasteiger partial charge is 0.343 e. The normalized spacial score (nSPS) is 10.3. The molecule has 0 fully saturated rings. The van der Waals surface area contributed by atoms with Crippen LogP contribution in [0.1, 0.15) is 91.6 Å². The van der Waals surface area contributed by atoms with Gasteiger partial charge in [0.25, 0.3) is 5.91 Å². The van der Waals surface area contributed by atoms with Gasteiger partial charge in [0.2, 0.25) is 5.91 Å². The summed E-state index contributed by atoms with van der Waals surface area (Å²) in [7, 11) is 0. The number of anilines is 2. The van der Waals surface area contributed by atoms with Crippen LogP contribution in [0.25, 0.3) is 0 Å². The van der Waals surface area contributed by atoms with Gasteiger partial charge in [0.05, 0.1) is 24.3 Å². The number of carboxylic acid groups (broad SMARTS) is 1. The number of unbranched alkanes of at least 4 members (excludes halogenated alkanes) is 4. The van der Waals surface area contributed by atoms with E-state index in [9.17, 15) is 24.3 Å². The van der Waals surface area contributed by atoms with Gasteiger partial charge in [-0.15, -0.1) is 0 Å². The van der Waals surface area contributed by atoms with E-state index in [0.29, 0.717) is 40.6 Å². The number of amides is 2. The highest BCUT2D eigenvalue weighted by Crippen LogP contribution is 2.20. The van der Waals surface area contributed by atoms with Crippen molar-refractivity contribution in [2.24, 2.45) is 5.84 Å². The zero-order chi connectivity index (χ0) is 39.5. The van der Waals surface area contributed by atoms with Crippen molar-refractivity contribution in [2.75, 3.05) is 23.5 Å². The predicted molar refractivity (Wildman–Crippen MR) is 211 cm³/mol. The molecule has 0 aliphatic carbocycles. The minimum Gasteiger partial charge on any atom is -0.494 e. The van der Waals surface area contributed by atoms with Crippen molar-refractivity contribution in [1.29, 1.82) is 5.41 Å². The molecule has 0 radical (unpaired) electrons. The summed E-state index contributed by atoms with van der Waals surface area (Å²) in [4.78, 5) is 51.5. The molecular formula is C42H51N5O7. The van der Waals surface area contributed by atoms with E-state index in [1.807, 2.05) is 13.8 Å². The van der Waals surface area contributed by atoms with Gasteiger partial charge in [0, 0.05) is 17.8 Å². The van der Waals surface area contributed by atoms with Gasteiger partial charge in [0.15, 0.2) is 0 Å². The third-order valence-corrected chi connectivity index (χ3v) is 8.08. The van der Waals surface area contributed by atoms with E-state index in [4.69, 9.17) is 20.7 Å². The van der Waals surface area contributed by atoms with Crippen LogP contribution in [0, 0.1) is 5.41 Å². The van der Waals surface area contributed by atoms with Crippen molar-refractivity contribution in [3.05, 3.63) is 119 Å². The first-order chi connectivity index (χ1) is 26.0. The third-order valence-electron chi connectivity index (χ3n) is 8.08. The van der Waals surface area contributed by atoms with Gasteiger partial charge < -0.3 is 24.8 Å². The summed E-state index contributed by atoms with van der Waals surface area (Å²) < 4.78 is 11.3. The summed E-state index contributed by atoms with van der Waals surface area (Å²) in [6.07, 6.45) is 5.83. The maximum atomic E-state index is 13.4. The van der Waals surface area contributed by atoms with Gasteiger partial charge in [-0.3, -0.25) is 24.8 Å². The van der Waals surface area contributed by atoms with Crippen LogP contribution in [0.5, 0.6) is 11.5 Å². The molecule has 0 unspecified atom stereocenters. The highest BCUT2D eigenvalue weighted by Gasteiger charge is 2.20. The average Bonchev–Trinajstić information content (AvgIpc) is 3.17. The quantitative estimate of drug-likeness (QED) is 0.0151. The van der Waals surface area contributed by atoms with Crippen LogP contribution in [0.3, 0.4) is 0 Å². The summed E-state index contributed by atoms with van der Waals surface area (Å²) in [6.45, 7) is 7.84. The lowest BCUT2D eigenvalue weighted by molar-refractivity contribution is -0.137. The lowest BCUT2D eigenvalue weighted by Gasteiger charge is -2.21. The number of benzene rings is 4. The van der Waals surface area contributed by atoms with Crippen molar-refractivity contribution < 1.29 is 33.8 Å². The number of aliphatic carboxylic acids is 1. The SMILES string of the molecule is CC.CCCCCCCOc1ccc(C(=O)Oc2ccc(CN(CC(=O)O)C(=O)c3ccc(NC(=O)Cc4ccc(N(N)C(C)=N)cc4)cc3)cc2)cc1. The van der Waals surface area contributed by atoms with E-state index in [1.165, 1.54) is 41.3 Å². The molecule has 0 spiro atoms. The van der Waals surface area contributed by atoms with Gasteiger partial charge in [-0.05, 0) is 97.3 Å². The second-order valence-electron chi connectivity index (χ2n) is 12.3. The number of esters is 1. The number of rotatable bonds is 18. The topological polar surface area (TPSA) is 175 Å². The molecule has 12 nitrogen and oxygen atoms in total. The standard InChI is InChI=1S/C40H45N5O7.C2H6/c1-3-4-5-6-7-24-51-35-22-14-32(15-23-35)40(50)52-36-20-10-30(11-21-36)26-44(27-38(47)48)39(49)31-12-16-33(17-13-31)43-37(46)25-29-8-18-34(19-9-29)45(42)28(2)41;1-2/h8-23,41H,3-7,24-27,42H2,1-2H3,(H,43,46)(H,47,48);1-2H3. The molecule has 286 valence electrons. The molecule has 4 aromatic carbocycles.